The number of nitrogens with zero attached hydrogens (tertiary/aromatic N) is 3. The van der Waals surface area contributed by atoms with Crippen LogP contribution < -0.4 is 10.1 Å². The van der Waals surface area contributed by atoms with E-state index in [1.165, 1.54) is 13.3 Å². The van der Waals surface area contributed by atoms with E-state index in [1.807, 2.05) is 53.1 Å². The number of benzene rings is 2. The summed E-state index contributed by atoms with van der Waals surface area (Å²) in [4.78, 5) is 20.8. The second-order valence-electron chi connectivity index (χ2n) is 5.68. The number of fused-ring (bicyclic) bond motifs is 1. The van der Waals surface area contributed by atoms with Gasteiger partial charge in [0.1, 0.15) is 12.1 Å². The fraction of sp³-hybridized carbons (Fsp3) is 0.0500. The van der Waals surface area contributed by atoms with Crippen LogP contribution in [0.5, 0.6) is 5.75 Å². The largest absolute Gasteiger partial charge is 0.496 e. The van der Waals surface area contributed by atoms with Gasteiger partial charge < -0.3 is 10.1 Å². The van der Waals surface area contributed by atoms with E-state index in [1.54, 1.807) is 18.6 Å². The highest BCUT2D eigenvalue weighted by Crippen LogP contribution is 2.21. The molecular formula is C20H16N4O2. The van der Waals surface area contributed by atoms with Crippen molar-refractivity contribution in [3.8, 4) is 11.4 Å². The number of imidazole rings is 1. The standard InChI is InChI=1S/C20H16N4O2/c1-26-19-10-11-21-12-16(19)20(25)23-14-6-8-15(9-7-14)24-13-22-17-4-2-3-5-18(17)24/h2-13H,1H3,(H,23,25). The number of rotatable bonds is 4. The summed E-state index contributed by atoms with van der Waals surface area (Å²) in [5.74, 6) is 0.217. The normalized spacial score (nSPS) is 10.7. The summed E-state index contributed by atoms with van der Waals surface area (Å²) < 4.78 is 7.21. The monoisotopic (exact) mass is 344 g/mol. The second-order valence-corrected chi connectivity index (χ2v) is 5.68. The number of carbonyl (C=O) groups excluding carboxylic acids is 1. The highest BCUT2D eigenvalue weighted by atomic mass is 16.5. The molecule has 0 spiro atoms. The van der Waals surface area contributed by atoms with Crippen molar-refractivity contribution >= 4 is 22.6 Å². The van der Waals surface area contributed by atoms with E-state index < -0.39 is 0 Å². The third kappa shape index (κ3) is 2.88. The number of aromatic nitrogens is 3. The molecule has 26 heavy (non-hydrogen) atoms. The quantitative estimate of drug-likeness (QED) is 0.613. The fourth-order valence-electron chi connectivity index (χ4n) is 2.80. The highest BCUT2D eigenvalue weighted by molar-refractivity contribution is 6.06. The molecule has 6 nitrogen and oxygen atoms in total. The number of carbonyl (C=O) groups is 1. The average molecular weight is 344 g/mol. The summed E-state index contributed by atoms with van der Waals surface area (Å²) in [6, 6.07) is 17.2. The van der Waals surface area contributed by atoms with Crippen LogP contribution in [0.4, 0.5) is 5.69 Å². The smallest absolute Gasteiger partial charge is 0.261 e. The number of amides is 1. The Hall–Kier alpha value is -3.67. The Morgan fingerprint density at radius 1 is 1.08 bits per heavy atom. The molecule has 4 aromatic rings. The fourth-order valence-corrected chi connectivity index (χ4v) is 2.80. The number of anilines is 1. The number of nitrogens with one attached hydrogen (secondary N) is 1. The van der Waals surface area contributed by atoms with Crippen molar-refractivity contribution in [2.75, 3.05) is 12.4 Å². The zero-order valence-corrected chi connectivity index (χ0v) is 14.1. The van der Waals surface area contributed by atoms with Gasteiger partial charge in [0.25, 0.3) is 5.91 Å². The second kappa shape index (κ2) is 6.68. The van der Waals surface area contributed by atoms with Crippen LogP contribution in [0.1, 0.15) is 10.4 Å². The van der Waals surface area contributed by atoms with Gasteiger partial charge in [-0.3, -0.25) is 14.3 Å². The Labute approximate surface area is 150 Å². The van der Waals surface area contributed by atoms with Gasteiger partial charge in [0.15, 0.2) is 0 Å². The van der Waals surface area contributed by atoms with Crippen molar-refractivity contribution in [2.45, 2.75) is 0 Å². The molecule has 0 unspecified atom stereocenters. The molecule has 6 heteroatoms. The van der Waals surface area contributed by atoms with E-state index in [2.05, 4.69) is 15.3 Å². The van der Waals surface area contributed by atoms with Crippen molar-refractivity contribution in [3.05, 3.63) is 78.9 Å². The molecule has 0 fully saturated rings. The van der Waals surface area contributed by atoms with Crippen molar-refractivity contribution < 1.29 is 9.53 Å². The maximum absolute atomic E-state index is 12.4. The zero-order valence-electron chi connectivity index (χ0n) is 14.1. The van der Waals surface area contributed by atoms with Gasteiger partial charge in [0.2, 0.25) is 0 Å². The summed E-state index contributed by atoms with van der Waals surface area (Å²) in [6.07, 6.45) is 4.86. The summed E-state index contributed by atoms with van der Waals surface area (Å²) >= 11 is 0. The van der Waals surface area contributed by atoms with E-state index >= 15 is 0 Å². The minimum Gasteiger partial charge on any atom is -0.496 e. The minimum atomic E-state index is -0.268. The average Bonchev–Trinajstić information content (AvgIpc) is 3.12. The number of pyridine rings is 1. The van der Waals surface area contributed by atoms with E-state index in [0.717, 1.165) is 16.7 Å². The Bertz CT molecular complexity index is 1070. The SMILES string of the molecule is COc1ccncc1C(=O)Nc1ccc(-n2cnc3ccccc32)cc1. The number of hydrogen-bond acceptors (Lipinski definition) is 4. The molecule has 0 saturated heterocycles. The third-order valence-electron chi connectivity index (χ3n) is 4.10. The van der Waals surface area contributed by atoms with E-state index in [0.29, 0.717) is 17.0 Å². The Morgan fingerprint density at radius 2 is 1.88 bits per heavy atom. The molecule has 1 N–H and O–H groups in total. The summed E-state index contributed by atoms with van der Waals surface area (Å²) in [5, 5.41) is 2.86. The van der Waals surface area contributed by atoms with Crippen molar-refractivity contribution in [3.63, 3.8) is 0 Å². The van der Waals surface area contributed by atoms with Crippen LogP contribution in [-0.4, -0.2) is 27.6 Å². The van der Waals surface area contributed by atoms with E-state index in [4.69, 9.17) is 4.74 Å². The molecule has 2 aromatic carbocycles. The lowest BCUT2D eigenvalue weighted by molar-refractivity contribution is 0.102. The molecule has 0 radical (unpaired) electrons. The molecule has 0 aliphatic rings. The predicted molar refractivity (Wildman–Crippen MR) is 99.8 cm³/mol. The number of hydrogen-bond donors (Lipinski definition) is 1. The van der Waals surface area contributed by atoms with E-state index in [-0.39, 0.29) is 5.91 Å². The molecule has 0 bridgehead atoms. The molecule has 128 valence electrons. The summed E-state index contributed by atoms with van der Waals surface area (Å²) in [6.45, 7) is 0. The highest BCUT2D eigenvalue weighted by Gasteiger charge is 2.12. The minimum absolute atomic E-state index is 0.268. The maximum atomic E-state index is 12.4. The molecule has 4 rings (SSSR count). The lowest BCUT2D eigenvalue weighted by Gasteiger charge is -2.10. The van der Waals surface area contributed by atoms with Crippen molar-refractivity contribution in [1.82, 2.24) is 14.5 Å². The van der Waals surface area contributed by atoms with Gasteiger partial charge in [-0.05, 0) is 42.5 Å². The van der Waals surface area contributed by atoms with Gasteiger partial charge in [0.05, 0.1) is 23.7 Å². The molecule has 1 amide bonds. The van der Waals surface area contributed by atoms with Gasteiger partial charge in [-0.1, -0.05) is 12.1 Å². The van der Waals surface area contributed by atoms with Crippen LogP contribution in [0, 0.1) is 0 Å². The van der Waals surface area contributed by atoms with Crippen LogP contribution in [0.2, 0.25) is 0 Å². The first-order valence-corrected chi connectivity index (χ1v) is 8.08. The molecule has 2 heterocycles. The molecular weight excluding hydrogens is 328 g/mol. The molecule has 0 aliphatic heterocycles. The van der Waals surface area contributed by atoms with Gasteiger partial charge in [-0.15, -0.1) is 0 Å². The first-order chi connectivity index (χ1) is 12.8. The van der Waals surface area contributed by atoms with Crippen LogP contribution in [0.15, 0.2) is 73.3 Å². The van der Waals surface area contributed by atoms with Gasteiger partial charge in [0, 0.05) is 23.8 Å². The predicted octanol–water partition coefficient (Wildman–Crippen LogP) is 3.68. The molecule has 0 saturated carbocycles. The summed E-state index contributed by atoms with van der Waals surface area (Å²) in [5.41, 5.74) is 4.02. The first-order valence-electron chi connectivity index (χ1n) is 8.08. The van der Waals surface area contributed by atoms with Crippen molar-refractivity contribution in [2.24, 2.45) is 0 Å². The maximum Gasteiger partial charge on any atom is 0.261 e. The lowest BCUT2D eigenvalue weighted by atomic mass is 10.2. The van der Waals surface area contributed by atoms with Crippen LogP contribution >= 0.6 is 0 Å². The van der Waals surface area contributed by atoms with Crippen LogP contribution in [0.25, 0.3) is 16.7 Å². The Kier molecular flexibility index (Phi) is 4.07. The van der Waals surface area contributed by atoms with Crippen LogP contribution in [-0.2, 0) is 0 Å². The van der Waals surface area contributed by atoms with E-state index in [9.17, 15) is 4.79 Å². The van der Waals surface area contributed by atoms with Gasteiger partial charge >= 0.3 is 0 Å². The number of ether oxygens (including phenoxy) is 1. The molecule has 2 aromatic heterocycles. The zero-order chi connectivity index (χ0) is 17.9. The lowest BCUT2D eigenvalue weighted by Crippen LogP contribution is -2.13. The van der Waals surface area contributed by atoms with Crippen molar-refractivity contribution in [1.29, 1.82) is 0 Å². The third-order valence-corrected chi connectivity index (χ3v) is 4.10. The van der Waals surface area contributed by atoms with Crippen LogP contribution in [0.3, 0.4) is 0 Å². The van der Waals surface area contributed by atoms with Gasteiger partial charge in [-0.2, -0.15) is 0 Å². The first kappa shape index (κ1) is 15.8. The summed E-state index contributed by atoms with van der Waals surface area (Å²) in [7, 11) is 1.52. The number of para-hydroxylation sites is 2. The topological polar surface area (TPSA) is 69.0 Å². The Morgan fingerprint density at radius 3 is 2.69 bits per heavy atom. The van der Waals surface area contributed by atoms with Gasteiger partial charge in [-0.25, -0.2) is 4.98 Å². The molecule has 0 aliphatic carbocycles. The Balaban J connectivity index is 1.57. The number of methoxy groups -OCH3 is 1. The molecule has 0 atom stereocenters.